The van der Waals surface area contributed by atoms with E-state index in [1.165, 1.54) is 6.20 Å². The van der Waals surface area contributed by atoms with Crippen molar-refractivity contribution in [3.8, 4) is 6.07 Å². The van der Waals surface area contributed by atoms with Crippen LogP contribution in [0.25, 0.3) is 0 Å². The number of benzene rings is 2. The fourth-order valence-electron chi connectivity index (χ4n) is 3.70. The van der Waals surface area contributed by atoms with Gasteiger partial charge >= 0.3 is 6.09 Å². The molecule has 41 heavy (non-hydrogen) atoms. The third-order valence-corrected chi connectivity index (χ3v) is 5.99. The summed E-state index contributed by atoms with van der Waals surface area (Å²) in [5.74, 6) is -0.109. The first-order valence-electron chi connectivity index (χ1n) is 13.2. The molecule has 0 spiro atoms. The molecule has 0 aliphatic heterocycles. The van der Waals surface area contributed by atoms with Gasteiger partial charge in [-0.2, -0.15) is 5.26 Å². The van der Waals surface area contributed by atoms with Crippen molar-refractivity contribution in [2.45, 2.75) is 52.6 Å². The quantitative estimate of drug-likeness (QED) is 0.250. The number of amides is 3. The third-order valence-electron chi connectivity index (χ3n) is 5.99. The topological polar surface area (TPSA) is 145 Å². The van der Waals surface area contributed by atoms with Gasteiger partial charge in [0, 0.05) is 29.9 Å². The van der Waals surface area contributed by atoms with Crippen LogP contribution in [0.3, 0.4) is 0 Å². The lowest BCUT2D eigenvalue weighted by atomic mass is 9.85. The number of hydrogen-bond donors (Lipinski definition) is 4. The van der Waals surface area contributed by atoms with E-state index in [0.29, 0.717) is 41.4 Å². The van der Waals surface area contributed by atoms with Crippen molar-refractivity contribution in [2.24, 2.45) is 0 Å². The standard InChI is InChI=1S/C31H36N6O4/c1-20-10-11-23(36-27(38)21-8-7-9-22(16-21)31(5,6)19-32)17-25(20)28(39)37-24-12-13-26(35-18-24)33-14-15-34-29(40)41-30(2,3)4/h7-13,16-18H,14-15H2,1-6H3,(H,33,35)(H,34,40)(H,36,38)(H,37,39). The first-order chi connectivity index (χ1) is 19.3. The number of pyridine rings is 1. The Balaban J connectivity index is 1.58. The molecule has 0 fully saturated rings. The highest BCUT2D eigenvalue weighted by atomic mass is 16.6. The number of rotatable bonds is 9. The first kappa shape index (κ1) is 30.6. The summed E-state index contributed by atoms with van der Waals surface area (Å²) in [5.41, 5.74) is 1.97. The van der Waals surface area contributed by atoms with Gasteiger partial charge in [-0.1, -0.05) is 18.2 Å². The summed E-state index contributed by atoms with van der Waals surface area (Å²) in [5, 5.41) is 20.8. The summed E-state index contributed by atoms with van der Waals surface area (Å²) in [6.45, 7) is 11.6. The summed E-state index contributed by atoms with van der Waals surface area (Å²) < 4.78 is 5.19. The largest absolute Gasteiger partial charge is 0.444 e. The maximum atomic E-state index is 13.0. The number of nitrogens with one attached hydrogen (secondary N) is 4. The predicted molar refractivity (Wildman–Crippen MR) is 159 cm³/mol. The number of alkyl carbamates (subject to hydrolysis) is 1. The van der Waals surface area contributed by atoms with E-state index in [9.17, 15) is 19.6 Å². The molecule has 10 nitrogen and oxygen atoms in total. The van der Waals surface area contributed by atoms with Crippen molar-refractivity contribution in [3.05, 3.63) is 83.0 Å². The molecule has 3 amide bonds. The van der Waals surface area contributed by atoms with Crippen LogP contribution in [-0.2, 0) is 10.2 Å². The fraction of sp³-hybridized carbons (Fsp3) is 0.323. The minimum Gasteiger partial charge on any atom is -0.444 e. The van der Waals surface area contributed by atoms with Crippen molar-refractivity contribution in [3.63, 3.8) is 0 Å². The molecule has 10 heteroatoms. The zero-order chi connectivity index (χ0) is 30.2. The lowest BCUT2D eigenvalue weighted by Gasteiger charge is -2.19. The lowest BCUT2D eigenvalue weighted by molar-refractivity contribution is 0.0529. The monoisotopic (exact) mass is 556 g/mol. The number of aromatic nitrogens is 1. The van der Waals surface area contributed by atoms with Gasteiger partial charge in [-0.25, -0.2) is 9.78 Å². The lowest BCUT2D eigenvalue weighted by Crippen LogP contribution is -2.35. The molecule has 0 saturated carbocycles. The van der Waals surface area contributed by atoms with Crippen molar-refractivity contribution in [2.75, 3.05) is 29.0 Å². The molecule has 2 aromatic carbocycles. The van der Waals surface area contributed by atoms with Crippen LogP contribution < -0.4 is 21.3 Å². The molecule has 0 bridgehead atoms. The molecule has 0 atom stereocenters. The minimum absolute atomic E-state index is 0.343. The van der Waals surface area contributed by atoms with E-state index in [0.717, 1.165) is 11.1 Å². The number of carbonyl (C=O) groups is 3. The Morgan fingerprint density at radius 1 is 0.902 bits per heavy atom. The van der Waals surface area contributed by atoms with Gasteiger partial charge in [0.25, 0.3) is 11.8 Å². The second-order valence-electron chi connectivity index (χ2n) is 11.0. The van der Waals surface area contributed by atoms with E-state index in [-0.39, 0.29) is 11.8 Å². The number of anilines is 3. The normalized spacial score (nSPS) is 11.1. The molecule has 1 aromatic heterocycles. The number of hydrogen-bond acceptors (Lipinski definition) is 7. The summed E-state index contributed by atoms with van der Waals surface area (Å²) in [6, 6.07) is 17.7. The van der Waals surface area contributed by atoms with Crippen molar-refractivity contribution in [1.82, 2.24) is 10.3 Å². The smallest absolute Gasteiger partial charge is 0.407 e. The average Bonchev–Trinajstić information content (AvgIpc) is 2.92. The Hall–Kier alpha value is -4.91. The molecular weight excluding hydrogens is 520 g/mol. The number of nitriles is 1. The van der Waals surface area contributed by atoms with Gasteiger partial charge in [0.1, 0.15) is 11.4 Å². The second kappa shape index (κ2) is 13.0. The zero-order valence-corrected chi connectivity index (χ0v) is 24.2. The molecule has 3 rings (SSSR count). The molecular formula is C31H36N6O4. The number of aryl methyl sites for hydroxylation is 1. The first-order valence-corrected chi connectivity index (χ1v) is 13.2. The van der Waals surface area contributed by atoms with Gasteiger partial charge in [0.05, 0.1) is 23.4 Å². The van der Waals surface area contributed by atoms with E-state index >= 15 is 0 Å². The van der Waals surface area contributed by atoms with Gasteiger partial charge in [-0.05, 0) is 89.1 Å². The van der Waals surface area contributed by atoms with Gasteiger partial charge in [-0.3, -0.25) is 9.59 Å². The van der Waals surface area contributed by atoms with Gasteiger partial charge in [0.2, 0.25) is 0 Å². The van der Waals surface area contributed by atoms with E-state index in [2.05, 4.69) is 32.3 Å². The van der Waals surface area contributed by atoms with Crippen molar-refractivity contribution in [1.29, 1.82) is 5.26 Å². The van der Waals surface area contributed by atoms with E-state index in [4.69, 9.17) is 4.74 Å². The Morgan fingerprint density at radius 2 is 1.61 bits per heavy atom. The Morgan fingerprint density at radius 3 is 2.27 bits per heavy atom. The summed E-state index contributed by atoms with van der Waals surface area (Å²) >= 11 is 0. The average molecular weight is 557 g/mol. The van der Waals surface area contributed by atoms with Crippen LogP contribution in [-0.4, -0.2) is 41.6 Å². The summed E-state index contributed by atoms with van der Waals surface area (Å²) in [6.07, 6.45) is 1.04. The van der Waals surface area contributed by atoms with Crippen LogP contribution in [0.2, 0.25) is 0 Å². The van der Waals surface area contributed by atoms with E-state index in [1.807, 2.05) is 13.0 Å². The van der Waals surface area contributed by atoms with E-state index in [1.54, 1.807) is 83.1 Å². The Kier molecular flexibility index (Phi) is 9.68. The van der Waals surface area contributed by atoms with Crippen molar-refractivity contribution < 1.29 is 19.1 Å². The van der Waals surface area contributed by atoms with Crippen LogP contribution >= 0.6 is 0 Å². The Bertz CT molecular complexity index is 1450. The summed E-state index contributed by atoms with van der Waals surface area (Å²) in [4.78, 5) is 42.0. The SMILES string of the molecule is Cc1ccc(NC(=O)c2cccc(C(C)(C)C#N)c2)cc1C(=O)Nc1ccc(NCCNC(=O)OC(C)(C)C)nc1. The summed E-state index contributed by atoms with van der Waals surface area (Å²) in [7, 11) is 0. The van der Waals surface area contributed by atoms with Crippen LogP contribution in [0, 0.1) is 18.3 Å². The predicted octanol–water partition coefficient (Wildman–Crippen LogP) is 5.63. The molecule has 4 N–H and O–H groups in total. The highest BCUT2D eigenvalue weighted by molar-refractivity contribution is 6.08. The number of carbonyl (C=O) groups excluding carboxylic acids is 3. The maximum Gasteiger partial charge on any atom is 0.407 e. The number of ether oxygens (including phenoxy) is 1. The molecule has 0 aliphatic carbocycles. The van der Waals surface area contributed by atoms with Crippen LogP contribution in [0.1, 0.15) is 66.5 Å². The molecule has 0 saturated heterocycles. The van der Waals surface area contributed by atoms with Crippen LogP contribution in [0.5, 0.6) is 0 Å². The molecule has 214 valence electrons. The van der Waals surface area contributed by atoms with Crippen LogP contribution in [0.15, 0.2) is 60.8 Å². The molecule has 3 aromatic rings. The molecule has 0 radical (unpaired) electrons. The second-order valence-corrected chi connectivity index (χ2v) is 11.0. The van der Waals surface area contributed by atoms with E-state index < -0.39 is 17.1 Å². The minimum atomic E-state index is -0.729. The van der Waals surface area contributed by atoms with Gasteiger partial charge in [0.15, 0.2) is 0 Å². The van der Waals surface area contributed by atoms with Gasteiger partial charge in [-0.15, -0.1) is 0 Å². The van der Waals surface area contributed by atoms with Gasteiger partial charge < -0.3 is 26.0 Å². The highest BCUT2D eigenvalue weighted by Crippen LogP contribution is 2.24. The molecule has 0 unspecified atom stereocenters. The fourth-order valence-corrected chi connectivity index (χ4v) is 3.70. The number of nitrogens with zero attached hydrogens (tertiary/aromatic N) is 2. The maximum absolute atomic E-state index is 13.0. The zero-order valence-electron chi connectivity index (χ0n) is 24.2. The third kappa shape index (κ3) is 9.07. The molecule has 1 heterocycles. The Labute approximate surface area is 240 Å². The highest BCUT2D eigenvalue weighted by Gasteiger charge is 2.21. The molecule has 0 aliphatic rings. The van der Waals surface area contributed by atoms with Crippen LogP contribution in [0.4, 0.5) is 22.0 Å². The van der Waals surface area contributed by atoms with Crippen molar-refractivity contribution >= 4 is 35.1 Å².